The lowest BCUT2D eigenvalue weighted by atomic mass is 9.97. The first-order valence-corrected chi connectivity index (χ1v) is 11.8. The van der Waals surface area contributed by atoms with E-state index in [1.165, 1.54) is 0 Å². The van der Waals surface area contributed by atoms with Crippen molar-refractivity contribution >= 4 is 0 Å². The molecule has 1 aliphatic heterocycles. The lowest BCUT2D eigenvalue weighted by Gasteiger charge is -2.30. The number of aryl methyl sites for hydroxylation is 2. The molecule has 0 radical (unpaired) electrons. The van der Waals surface area contributed by atoms with Crippen molar-refractivity contribution < 1.29 is 8.78 Å². The van der Waals surface area contributed by atoms with E-state index in [0.29, 0.717) is 36.5 Å². The summed E-state index contributed by atoms with van der Waals surface area (Å²) in [6.07, 6.45) is 0.587. The van der Waals surface area contributed by atoms with Gasteiger partial charge in [0.05, 0.1) is 17.3 Å². The van der Waals surface area contributed by atoms with Gasteiger partial charge in [-0.1, -0.05) is 72.8 Å². The predicted molar refractivity (Wildman–Crippen MR) is 132 cm³/mol. The van der Waals surface area contributed by atoms with E-state index in [2.05, 4.69) is 0 Å². The number of aromatic nitrogens is 2. The summed E-state index contributed by atoms with van der Waals surface area (Å²) in [5, 5.41) is 0. The summed E-state index contributed by atoms with van der Waals surface area (Å²) in [6.45, 7) is 4.62. The van der Waals surface area contributed by atoms with Crippen LogP contribution < -0.4 is 5.56 Å². The Labute approximate surface area is 203 Å². The Morgan fingerprint density at radius 1 is 0.886 bits per heavy atom. The van der Waals surface area contributed by atoms with Crippen LogP contribution in [0.25, 0.3) is 0 Å². The molecule has 0 aliphatic carbocycles. The third-order valence-corrected chi connectivity index (χ3v) is 6.76. The Balaban J connectivity index is 1.55. The van der Waals surface area contributed by atoms with Gasteiger partial charge in [0.2, 0.25) is 0 Å². The van der Waals surface area contributed by atoms with E-state index < -0.39 is 11.6 Å². The molecule has 5 rings (SSSR count). The molecule has 6 heteroatoms. The minimum atomic E-state index is -0.816. The summed E-state index contributed by atoms with van der Waals surface area (Å²) in [5.74, 6) is -0.969. The number of rotatable bonds is 5. The second-order valence-corrected chi connectivity index (χ2v) is 9.11. The molecular formula is C29H27F2N3O. The van der Waals surface area contributed by atoms with Crippen LogP contribution in [-0.2, 0) is 19.5 Å². The molecule has 0 atom stereocenters. The van der Waals surface area contributed by atoms with Crippen molar-refractivity contribution in [3.63, 3.8) is 0 Å². The quantitative estimate of drug-likeness (QED) is 0.395. The molecule has 0 spiro atoms. The van der Waals surface area contributed by atoms with Gasteiger partial charge in [-0.2, -0.15) is 0 Å². The maximum absolute atomic E-state index is 14.5. The molecule has 4 nitrogen and oxygen atoms in total. The van der Waals surface area contributed by atoms with Crippen LogP contribution in [0.2, 0.25) is 0 Å². The Morgan fingerprint density at radius 2 is 1.51 bits per heavy atom. The van der Waals surface area contributed by atoms with Gasteiger partial charge in [-0.25, -0.2) is 13.8 Å². The number of nitrogens with zero attached hydrogens (tertiary/aromatic N) is 3. The molecule has 0 amide bonds. The number of hydrogen-bond acceptors (Lipinski definition) is 3. The topological polar surface area (TPSA) is 38.1 Å². The van der Waals surface area contributed by atoms with Crippen molar-refractivity contribution in [3.8, 4) is 0 Å². The maximum Gasteiger partial charge on any atom is 0.259 e. The molecule has 1 aromatic heterocycles. The average Bonchev–Trinajstić information content (AvgIpc) is 2.88. The van der Waals surface area contributed by atoms with Crippen molar-refractivity contribution in [1.82, 2.24) is 14.5 Å². The summed E-state index contributed by atoms with van der Waals surface area (Å²) in [6, 6.07) is 22.7. The van der Waals surface area contributed by atoms with Crippen molar-refractivity contribution in [3.05, 3.63) is 134 Å². The number of benzene rings is 3. The molecule has 178 valence electrons. The van der Waals surface area contributed by atoms with Gasteiger partial charge in [-0.15, -0.1) is 0 Å². The highest BCUT2D eigenvalue weighted by atomic mass is 19.2. The lowest BCUT2D eigenvalue weighted by molar-refractivity contribution is 0.236. The van der Waals surface area contributed by atoms with Crippen LogP contribution >= 0.6 is 0 Å². The SMILES string of the molecule is Cc1ccc(CN2CCc3nc(C)n(C(c4ccccc4)c4ccccc4)c(=O)c3C2)c(F)c1F. The van der Waals surface area contributed by atoms with E-state index in [0.717, 1.165) is 16.8 Å². The molecule has 0 saturated heterocycles. The number of hydrogen-bond donors (Lipinski definition) is 0. The summed E-state index contributed by atoms with van der Waals surface area (Å²) in [4.78, 5) is 20.8. The fourth-order valence-corrected chi connectivity index (χ4v) is 4.91. The van der Waals surface area contributed by atoms with Gasteiger partial charge in [0.25, 0.3) is 5.56 Å². The molecular weight excluding hydrogens is 444 g/mol. The minimum Gasteiger partial charge on any atom is -0.294 e. The van der Waals surface area contributed by atoms with Crippen molar-refractivity contribution in [1.29, 1.82) is 0 Å². The monoisotopic (exact) mass is 471 g/mol. The fraction of sp³-hybridized carbons (Fsp3) is 0.241. The predicted octanol–water partition coefficient (Wildman–Crippen LogP) is 5.33. The van der Waals surface area contributed by atoms with E-state index in [4.69, 9.17) is 4.98 Å². The van der Waals surface area contributed by atoms with Gasteiger partial charge >= 0.3 is 0 Å². The van der Waals surface area contributed by atoms with Gasteiger partial charge in [0.1, 0.15) is 5.82 Å². The second kappa shape index (κ2) is 9.55. The Morgan fingerprint density at radius 3 is 2.14 bits per heavy atom. The zero-order valence-corrected chi connectivity index (χ0v) is 19.8. The van der Waals surface area contributed by atoms with E-state index in [-0.39, 0.29) is 23.7 Å². The second-order valence-electron chi connectivity index (χ2n) is 9.11. The third kappa shape index (κ3) is 4.42. The standard InChI is InChI=1S/C29H27F2N3O/c1-19-13-14-23(27(31)26(19)30)17-33-16-15-25-24(18-33)29(35)34(20(2)32-25)28(21-9-5-3-6-10-21)22-11-7-4-8-12-22/h3-14,28H,15-18H2,1-2H3. The highest BCUT2D eigenvalue weighted by Crippen LogP contribution is 2.28. The van der Waals surface area contributed by atoms with Crippen LogP contribution in [0.4, 0.5) is 8.78 Å². The number of fused-ring (bicyclic) bond motifs is 1. The molecule has 0 fully saturated rings. The first kappa shape index (κ1) is 23.1. The fourth-order valence-electron chi connectivity index (χ4n) is 4.91. The van der Waals surface area contributed by atoms with Gasteiger partial charge in [-0.05, 0) is 30.5 Å². The summed E-state index contributed by atoms with van der Waals surface area (Å²) >= 11 is 0. The van der Waals surface area contributed by atoms with Crippen molar-refractivity contribution in [2.24, 2.45) is 0 Å². The van der Waals surface area contributed by atoms with Crippen LogP contribution in [-0.4, -0.2) is 21.0 Å². The van der Waals surface area contributed by atoms with Crippen LogP contribution in [0, 0.1) is 25.5 Å². The summed E-state index contributed by atoms with van der Waals surface area (Å²) < 4.78 is 30.4. The molecule has 4 aromatic rings. The molecule has 0 unspecified atom stereocenters. The highest BCUT2D eigenvalue weighted by Gasteiger charge is 2.27. The van der Waals surface area contributed by atoms with Crippen molar-refractivity contribution in [2.75, 3.05) is 6.54 Å². The Hall–Kier alpha value is -3.64. The largest absolute Gasteiger partial charge is 0.294 e. The van der Waals surface area contributed by atoms with Crippen LogP contribution in [0.3, 0.4) is 0 Å². The zero-order chi connectivity index (χ0) is 24.5. The molecule has 1 aliphatic rings. The molecule has 2 heterocycles. The molecule has 0 bridgehead atoms. The Bertz CT molecular complexity index is 1380. The Kier molecular flexibility index (Phi) is 6.31. The van der Waals surface area contributed by atoms with Gasteiger partial charge < -0.3 is 0 Å². The molecule has 0 saturated carbocycles. The summed E-state index contributed by atoms with van der Waals surface area (Å²) in [7, 11) is 0. The van der Waals surface area contributed by atoms with Crippen LogP contribution in [0.1, 0.15) is 45.4 Å². The first-order valence-electron chi connectivity index (χ1n) is 11.8. The highest BCUT2D eigenvalue weighted by molar-refractivity contribution is 5.35. The maximum atomic E-state index is 14.5. The van der Waals surface area contributed by atoms with E-state index in [1.807, 2.05) is 72.5 Å². The van der Waals surface area contributed by atoms with E-state index >= 15 is 0 Å². The molecule has 3 aromatic carbocycles. The average molecular weight is 472 g/mol. The van der Waals surface area contributed by atoms with Gasteiger partial charge in [0, 0.05) is 31.6 Å². The first-order chi connectivity index (χ1) is 16.9. The van der Waals surface area contributed by atoms with Gasteiger partial charge in [-0.3, -0.25) is 14.3 Å². The van der Waals surface area contributed by atoms with E-state index in [9.17, 15) is 13.6 Å². The smallest absolute Gasteiger partial charge is 0.259 e. The lowest BCUT2D eigenvalue weighted by Crippen LogP contribution is -2.40. The molecule has 0 N–H and O–H groups in total. The van der Waals surface area contributed by atoms with Crippen LogP contribution in [0.5, 0.6) is 0 Å². The van der Waals surface area contributed by atoms with E-state index in [1.54, 1.807) is 23.6 Å². The van der Waals surface area contributed by atoms with Crippen LogP contribution in [0.15, 0.2) is 77.6 Å². The van der Waals surface area contributed by atoms with Gasteiger partial charge in [0.15, 0.2) is 11.6 Å². The normalized spacial score (nSPS) is 13.7. The summed E-state index contributed by atoms with van der Waals surface area (Å²) in [5.41, 5.74) is 3.88. The third-order valence-electron chi connectivity index (χ3n) is 6.76. The van der Waals surface area contributed by atoms with Crippen molar-refractivity contribution in [2.45, 2.75) is 39.4 Å². The molecule has 35 heavy (non-hydrogen) atoms. The minimum absolute atomic E-state index is 0.0922. The zero-order valence-electron chi connectivity index (χ0n) is 19.8. The number of halogens is 2.